The maximum Gasteiger partial charge on any atom is 0.108 e. The van der Waals surface area contributed by atoms with E-state index in [2.05, 4.69) is 53.8 Å². The van der Waals surface area contributed by atoms with Gasteiger partial charge in [-0.3, -0.25) is 5.32 Å². The molecule has 0 aromatic heterocycles. The zero-order valence-electron chi connectivity index (χ0n) is 11.3. The van der Waals surface area contributed by atoms with Crippen LogP contribution in [0.4, 0.5) is 0 Å². The Bertz CT molecular complexity index is 478. The van der Waals surface area contributed by atoms with Crippen molar-refractivity contribution in [1.29, 1.82) is 0 Å². The lowest BCUT2D eigenvalue weighted by molar-refractivity contribution is 0.140. The van der Waals surface area contributed by atoms with Crippen LogP contribution in [0, 0.1) is 0 Å². The van der Waals surface area contributed by atoms with Gasteiger partial charge in [-0.25, -0.2) is 0 Å². The highest BCUT2D eigenvalue weighted by atomic mass is 16.3. The molecule has 0 bridgehead atoms. The first kappa shape index (κ1) is 13.8. The maximum atomic E-state index is 9.70. The smallest absolute Gasteiger partial charge is 0.108 e. The molecule has 2 aromatic carbocycles. The molecule has 0 heterocycles. The first-order valence-electron chi connectivity index (χ1n) is 6.81. The third-order valence-corrected chi connectivity index (χ3v) is 3.14. The fourth-order valence-electron chi connectivity index (χ4n) is 2.16. The number of benzene rings is 2. The number of rotatable bonds is 6. The Morgan fingerprint density at radius 1 is 0.895 bits per heavy atom. The summed E-state index contributed by atoms with van der Waals surface area (Å²) in [4.78, 5) is 0. The van der Waals surface area contributed by atoms with Crippen molar-refractivity contribution >= 4 is 0 Å². The van der Waals surface area contributed by atoms with Crippen LogP contribution >= 0.6 is 0 Å². The molecule has 0 fully saturated rings. The fourth-order valence-corrected chi connectivity index (χ4v) is 2.16. The van der Waals surface area contributed by atoms with E-state index in [0.29, 0.717) is 6.42 Å². The monoisotopic (exact) mass is 255 g/mol. The van der Waals surface area contributed by atoms with Gasteiger partial charge in [-0.05, 0) is 29.7 Å². The van der Waals surface area contributed by atoms with E-state index in [1.807, 2.05) is 13.0 Å². The minimum Gasteiger partial charge on any atom is -0.378 e. The molecule has 0 saturated heterocycles. The normalized spacial score (nSPS) is 12.3. The van der Waals surface area contributed by atoms with Gasteiger partial charge in [-0.15, -0.1) is 0 Å². The Kier molecular flexibility index (Phi) is 5.13. The molecule has 2 N–H and O–H groups in total. The highest BCUT2D eigenvalue weighted by Crippen LogP contribution is 2.11. The lowest BCUT2D eigenvalue weighted by Gasteiger charge is -2.11. The average Bonchev–Trinajstić information content (AvgIpc) is 2.42. The zero-order valence-corrected chi connectivity index (χ0v) is 11.3. The van der Waals surface area contributed by atoms with Crippen molar-refractivity contribution < 1.29 is 5.11 Å². The number of likely N-dealkylation sites (N-methyl/N-ethyl adjacent to an activating group) is 1. The van der Waals surface area contributed by atoms with E-state index < -0.39 is 6.23 Å². The molecule has 0 spiro atoms. The molecule has 1 atom stereocenters. The summed E-state index contributed by atoms with van der Waals surface area (Å²) in [5.41, 5.74) is 3.78. The summed E-state index contributed by atoms with van der Waals surface area (Å²) < 4.78 is 0. The Morgan fingerprint density at radius 2 is 1.47 bits per heavy atom. The largest absolute Gasteiger partial charge is 0.378 e. The molecule has 100 valence electrons. The molecule has 2 aromatic rings. The minimum atomic E-state index is -0.454. The van der Waals surface area contributed by atoms with E-state index in [9.17, 15) is 5.11 Å². The zero-order chi connectivity index (χ0) is 13.5. The van der Waals surface area contributed by atoms with Gasteiger partial charge >= 0.3 is 0 Å². The number of aliphatic hydroxyl groups is 1. The summed E-state index contributed by atoms with van der Waals surface area (Å²) in [7, 11) is 0. The number of hydrogen-bond donors (Lipinski definition) is 2. The van der Waals surface area contributed by atoms with Crippen molar-refractivity contribution in [3.8, 4) is 0 Å². The Balaban J connectivity index is 1.95. The molecule has 0 radical (unpaired) electrons. The van der Waals surface area contributed by atoms with Gasteiger partial charge in [-0.1, -0.05) is 61.5 Å². The van der Waals surface area contributed by atoms with E-state index in [4.69, 9.17) is 0 Å². The molecule has 19 heavy (non-hydrogen) atoms. The third kappa shape index (κ3) is 4.51. The highest BCUT2D eigenvalue weighted by molar-refractivity contribution is 5.28. The second-order valence-electron chi connectivity index (χ2n) is 4.76. The highest BCUT2D eigenvalue weighted by Gasteiger charge is 2.03. The van der Waals surface area contributed by atoms with Crippen LogP contribution in [0.1, 0.15) is 23.6 Å². The van der Waals surface area contributed by atoms with Crippen LogP contribution in [0.2, 0.25) is 0 Å². The molecule has 0 saturated carbocycles. The molecule has 0 aliphatic carbocycles. The van der Waals surface area contributed by atoms with Crippen LogP contribution in [0.15, 0.2) is 54.6 Å². The molecule has 0 aliphatic heterocycles. The van der Waals surface area contributed by atoms with E-state index in [-0.39, 0.29) is 0 Å². The average molecular weight is 255 g/mol. The molecule has 2 nitrogen and oxygen atoms in total. The minimum absolute atomic E-state index is 0.454. The number of nitrogens with one attached hydrogen (secondary N) is 1. The summed E-state index contributed by atoms with van der Waals surface area (Å²) >= 11 is 0. The van der Waals surface area contributed by atoms with E-state index in [1.165, 1.54) is 11.1 Å². The predicted molar refractivity (Wildman–Crippen MR) is 79.1 cm³/mol. The van der Waals surface area contributed by atoms with Crippen LogP contribution in [-0.4, -0.2) is 17.9 Å². The third-order valence-electron chi connectivity index (χ3n) is 3.14. The standard InChI is InChI=1S/C17H21NO/c1-2-18-17(19)13-16-10-8-15(9-11-16)12-14-6-4-3-5-7-14/h3-11,17-19H,2,12-13H2,1H3. The lowest BCUT2D eigenvalue weighted by Crippen LogP contribution is -2.30. The predicted octanol–water partition coefficient (Wildman–Crippen LogP) is 2.75. The van der Waals surface area contributed by atoms with Crippen LogP contribution < -0.4 is 5.32 Å². The van der Waals surface area contributed by atoms with Crippen LogP contribution in [0.25, 0.3) is 0 Å². The molecule has 2 rings (SSSR count). The van der Waals surface area contributed by atoms with E-state index >= 15 is 0 Å². The maximum absolute atomic E-state index is 9.70. The van der Waals surface area contributed by atoms with Gasteiger partial charge < -0.3 is 5.11 Å². The molecule has 0 aliphatic rings. The van der Waals surface area contributed by atoms with Crippen molar-refractivity contribution in [2.75, 3.05) is 6.54 Å². The molecular formula is C17H21NO. The molecule has 2 heteroatoms. The molecule has 0 amide bonds. The summed E-state index contributed by atoms with van der Waals surface area (Å²) in [6.45, 7) is 2.78. The first-order valence-corrected chi connectivity index (χ1v) is 6.81. The van der Waals surface area contributed by atoms with Crippen molar-refractivity contribution in [2.24, 2.45) is 0 Å². The van der Waals surface area contributed by atoms with Crippen LogP contribution in [-0.2, 0) is 12.8 Å². The summed E-state index contributed by atoms with van der Waals surface area (Å²) in [6, 6.07) is 18.9. The number of hydrogen-bond acceptors (Lipinski definition) is 2. The Morgan fingerprint density at radius 3 is 2.11 bits per heavy atom. The van der Waals surface area contributed by atoms with Crippen molar-refractivity contribution in [2.45, 2.75) is 26.0 Å². The summed E-state index contributed by atoms with van der Waals surface area (Å²) in [5.74, 6) is 0. The quantitative estimate of drug-likeness (QED) is 0.778. The van der Waals surface area contributed by atoms with Crippen LogP contribution in [0.5, 0.6) is 0 Å². The summed E-state index contributed by atoms with van der Waals surface area (Å²) in [6.07, 6.45) is 1.15. The van der Waals surface area contributed by atoms with Gasteiger partial charge in [-0.2, -0.15) is 0 Å². The summed E-state index contributed by atoms with van der Waals surface area (Å²) in [5, 5.41) is 12.7. The SMILES string of the molecule is CCNC(O)Cc1ccc(Cc2ccccc2)cc1. The van der Waals surface area contributed by atoms with Gasteiger partial charge in [0.05, 0.1) is 0 Å². The van der Waals surface area contributed by atoms with Gasteiger partial charge in [0.15, 0.2) is 0 Å². The van der Waals surface area contributed by atoms with E-state index in [0.717, 1.165) is 18.5 Å². The topological polar surface area (TPSA) is 32.3 Å². The second-order valence-corrected chi connectivity index (χ2v) is 4.76. The van der Waals surface area contributed by atoms with Crippen molar-refractivity contribution in [3.05, 3.63) is 71.3 Å². The van der Waals surface area contributed by atoms with E-state index in [1.54, 1.807) is 0 Å². The van der Waals surface area contributed by atoms with Gasteiger partial charge in [0.1, 0.15) is 6.23 Å². The Labute approximate surface area is 115 Å². The van der Waals surface area contributed by atoms with Gasteiger partial charge in [0, 0.05) is 6.42 Å². The Hall–Kier alpha value is -1.64. The molecule has 1 unspecified atom stereocenters. The van der Waals surface area contributed by atoms with Crippen molar-refractivity contribution in [3.63, 3.8) is 0 Å². The molecular weight excluding hydrogens is 234 g/mol. The van der Waals surface area contributed by atoms with Crippen molar-refractivity contribution in [1.82, 2.24) is 5.32 Å². The van der Waals surface area contributed by atoms with Gasteiger partial charge in [0.25, 0.3) is 0 Å². The second kappa shape index (κ2) is 7.07. The first-order chi connectivity index (χ1) is 9.28. The fraction of sp³-hybridized carbons (Fsp3) is 0.294. The lowest BCUT2D eigenvalue weighted by atomic mass is 10.0. The number of aliphatic hydroxyl groups excluding tert-OH is 1. The van der Waals surface area contributed by atoms with Gasteiger partial charge in [0.2, 0.25) is 0 Å². The van der Waals surface area contributed by atoms with Crippen LogP contribution in [0.3, 0.4) is 0 Å².